The van der Waals surface area contributed by atoms with Crippen LogP contribution in [0.3, 0.4) is 0 Å². The number of aromatic carboxylic acids is 1. The number of anilines is 1. The number of carboxylic acid groups (broad SMARTS) is 1. The summed E-state index contributed by atoms with van der Waals surface area (Å²) in [4.78, 5) is 135. The Morgan fingerprint density at radius 2 is 1.57 bits per heavy atom. The number of amides is 3. The summed E-state index contributed by atoms with van der Waals surface area (Å²) >= 11 is 0. The zero-order valence-corrected chi connectivity index (χ0v) is 61.0. The number of rotatable bonds is 35. The number of carbonyl (C=O) groups is 5. The van der Waals surface area contributed by atoms with E-state index in [9.17, 15) is 62.2 Å². The predicted octanol–water partition coefficient (Wildman–Crippen LogP) is 5.01. The molecule has 38 heteroatoms. The van der Waals surface area contributed by atoms with Gasteiger partial charge in [-0.05, 0) is 117 Å². The van der Waals surface area contributed by atoms with E-state index in [2.05, 4.69) is 72.6 Å². The van der Waals surface area contributed by atoms with Crippen LogP contribution in [-0.4, -0.2) is 161 Å². The summed E-state index contributed by atoms with van der Waals surface area (Å²) in [5.41, 5.74) is 15.9. The van der Waals surface area contributed by atoms with Crippen molar-refractivity contribution in [2.75, 3.05) is 83.7 Å². The number of Topliss-reactive ketones (excluding diaryl/α,β-unsaturated/α-hetero) is 1. The summed E-state index contributed by atoms with van der Waals surface area (Å²) in [5, 5.41) is 33.7. The lowest BCUT2D eigenvalue weighted by Gasteiger charge is -2.39. The van der Waals surface area contributed by atoms with Crippen molar-refractivity contribution in [3.63, 3.8) is 0 Å². The second-order valence-corrected chi connectivity index (χ2v) is 30.4. The molecule has 5 aromatic rings. The summed E-state index contributed by atoms with van der Waals surface area (Å²) in [6.45, 7) is 2.20. The molecule has 6 aliphatic heterocycles. The highest BCUT2D eigenvalue weighted by molar-refractivity contribution is 7.66. The number of phosphoric acid groups is 3. The number of carboxylic acids is 1. The molecule has 6 aliphatic rings. The van der Waals surface area contributed by atoms with Crippen molar-refractivity contribution in [2.45, 2.75) is 121 Å². The number of benzene rings is 4. The van der Waals surface area contributed by atoms with Crippen molar-refractivity contribution in [3.05, 3.63) is 171 Å². The molecule has 6 atom stereocenters. The molecule has 1 fully saturated rings. The molecular formula is C70H79N11O24P3+. The Hall–Kier alpha value is -9.63. The standard InChI is InChI=1S/C70H78N11O24P3/c71-23-11-31-98-56-38-60(102-57(56)40-101-107(93,94)105-108(95,96)104-106(90,91)92)81-39-47(68(86)76-70(81)89)13-5-25-73-58(83)41-97-32-33-99-59(77-78-72)42-100-49-18-4-12-45(34-49)66(84)75-26-6-17-48(82)16-2-1-3-24-74-67(85)46-21-22-50(53(37-46)69(87)88)61-54-35-43-14-7-27-79-29-9-19-51(62(43)79)64(54)103-65-52-20-10-30-80-28-8-15-44(63(52)80)36-55(61)65/h4,11-12,18,21-22,31,34-37,39,56-57,59-60H,1-3,6-10,14-17,19-20,24-30,32-33,38,40-42H2,(H8-,73,74,75,76,83,84,85,86,87,88,89,90,91,92,93,94,95,96)/p+1/b31-11+/t56-,57+,59?,60+/m0/s1. The van der Waals surface area contributed by atoms with E-state index < -0.39 is 96.3 Å². The minimum atomic E-state index is -5.86. The quantitative estimate of drug-likeness (QED) is 0.00290. The van der Waals surface area contributed by atoms with Gasteiger partial charge >= 0.3 is 35.1 Å². The van der Waals surface area contributed by atoms with Gasteiger partial charge in [0.1, 0.15) is 73.3 Å². The number of ketones is 1. The number of carbonyl (C=O) groups excluding carboxylic acids is 4. The van der Waals surface area contributed by atoms with Crippen molar-refractivity contribution < 1.29 is 104 Å². The first kappa shape index (κ1) is 79.4. The molecule has 3 unspecified atom stereocenters. The van der Waals surface area contributed by atoms with Crippen molar-refractivity contribution in [2.24, 2.45) is 5.11 Å². The second-order valence-electron chi connectivity index (χ2n) is 25.9. The van der Waals surface area contributed by atoms with Gasteiger partial charge in [-0.15, -0.1) is 0 Å². The molecule has 0 aliphatic carbocycles. The maximum absolute atomic E-state index is 13.7. The Morgan fingerprint density at radius 3 is 2.34 bits per heavy atom. The molecule has 9 N–H and O–H groups in total. The van der Waals surface area contributed by atoms with Crippen LogP contribution < -0.4 is 56.7 Å². The molecule has 0 saturated carbocycles. The van der Waals surface area contributed by atoms with E-state index in [-0.39, 0.29) is 79.5 Å². The first-order valence-corrected chi connectivity index (χ1v) is 39.5. The smallest absolute Gasteiger partial charge is 0.490 e. The monoisotopic (exact) mass is 1550 g/mol. The van der Waals surface area contributed by atoms with Crippen molar-refractivity contribution in [1.29, 1.82) is 5.26 Å². The minimum Gasteiger partial charge on any atom is -0.494 e. The topological polar surface area (TPSA) is 491 Å². The van der Waals surface area contributed by atoms with Gasteiger partial charge in [0, 0.05) is 114 Å². The van der Waals surface area contributed by atoms with Gasteiger partial charge in [-0.2, -0.15) is 13.9 Å². The van der Waals surface area contributed by atoms with Gasteiger partial charge in [0.15, 0.2) is 6.23 Å². The van der Waals surface area contributed by atoms with Gasteiger partial charge in [0.25, 0.3) is 17.4 Å². The third kappa shape index (κ3) is 20.4. The van der Waals surface area contributed by atoms with E-state index in [0.717, 1.165) is 129 Å². The number of phosphoric ester groups is 1. The fraction of sp³-hybridized carbons (Fsp3) is 0.443. The first-order chi connectivity index (χ1) is 51.9. The normalized spacial score (nSPS) is 18.1. The van der Waals surface area contributed by atoms with E-state index in [0.29, 0.717) is 44.2 Å². The Balaban J connectivity index is 0.572. The number of azide groups is 1. The zero-order chi connectivity index (χ0) is 76.7. The van der Waals surface area contributed by atoms with Crippen molar-refractivity contribution in [1.82, 2.24) is 30.1 Å². The number of fused-ring (bicyclic) bond motifs is 4. The molecule has 0 radical (unpaired) electrons. The zero-order valence-electron chi connectivity index (χ0n) is 58.3. The minimum absolute atomic E-state index is 0.0273. The van der Waals surface area contributed by atoms with Crippen LogP contribution in [0.1, 0.15) is 147 Å². The molecule has 1 saturated heterocycles. The van der Waals surface area contributed by atoms with E-state index in [1.54, 1.807) is 36.4 Å². The number of allylic oxidation sites excluding steroid dienone is 1. The number of hydrogen-bond acceptors (Lipinski definition) is 22. The fourth-order valence-electron chi connectivity index (χ4n) is 13.9. The first-order valence-electron chi connectivity index (χ1n) is 35.0. The Bertz CT molecular complexity index is 4930. The number of aromatic nitrogens is 2. The lowest BCUT2D eigenvalue weighted by molar-refractivity contribution is -0.126. The molecule has 0 spiro atoms. The maximum Gasteiger partial charge on any atom is 0.490 e. The van der Waals surface area contributed by atoms with Gasteiger partial charge in [-0.25, -0.2) is 27.9 Å². The van der Waals surface area contributed by atoms with Crippen molar-refractivity contribution >= 4 is 64.2 Å². The summed E-state index contributed by atoms with van der Waals surface area (Å²) in [7, 11) is -17.2. The third-order valence-corrected chi connectivity index (χ3v) is 22.3. The number of aryl methyl sites for hydroxylation is 2. The molecule has 7 heterocycles. The van der Waals surface area contributed by atoms with Crippen LogP contribution in [0.25, 0.3) is 16.0 Å². The molecule has 572 valence electrons. The molecule has 4 aromatic carbocycles. The number of ether oxygens (including phenoxy) is 6. The van der Waals surface area contributed by atoms with E-state index in [1.807, 2.05) is 4.98 Å². The highest BCUT2D eigenvalue weighted by Crippen LogP contribution is 2.66. The van der Waals surface area contributed by atoms with Gasteiger partial charge in [-0.3, -0.25) is 38.0 Å². The number of hydrogen-bond donors (Lipinski definition) is 9. The lowest BCUT2D eigenvalue weighted by Crippen LogP contribution is -2.45. The highest BCUT2D eigenvalue weighted by atomic mass is 31.3. The average Bonchev–Trinajstić information content (AvgIpc) is 0.743. The molecule has 0 bridgehead atoms. The van der Waals surface area contributed by atoms with E-state index in [1.165, 1.54) is 45.4 Å². The molecule has 108 heavy (non-hydrogen) atoms. The molecule has 1 aromatic heterocycles. The van der Waals surface area contributed by atoms with Crippen LogP contribution in [0.5, 0.6) is 17.2 Å². The largest absolute Gasteiger partial charge is 0.494 e. The predicted molar refractivity (Wildman–Crippen MR) is 382 cm³/mol. The summed E-state index contributed by atoms with van der Waals surface area (Å²) in [5.74, 6) is 4.38. The summed E-state index contributed by atoms with van der Waals surface area (Å²) in [6.07, 6.45) is 8.06. The fourth-order valence-corrected chi connectivity index (χ4v) is 17.0. The Kier molecular flexibility index (Phi) is 26.5. The highest BCUT2D eigenvalue weighted by Gasteiger charge is 2.45. The summed E-state index contributed by atoms with van der Waals surface area (Å²) < 4.78 is 85.5. The number of aromatic amines is 1. The van der Waals surface area contributed by atoms with Gasteiger partial charge < -0.3 is 74.0 Å². The van der Waals surface area contributed by atoms with Crippen LogP contribution in [0.15, 0.2) is 87.8 Å². The van der Waals surface area contributed by atoms with Gasteiger partial charge in [0.05, 0.1) is 55.9 Å². The Morgan fingerprint density at radius 1 is 0.833 bits per heavy atom. The van der Waals surface area contributed by atoms with Crippen LogP contribution in [0.2, 0.25) is 0 Å². The second kappa shape index (κ2) is 36.1. The lowest BCUT2D eigenvalue weighted by atomic mass is 9.81. The maximum atomic E-state index is 13.7. The number of H-pyrrole nitrogens is 1. The summed E-state index contributed by atoms with van der Waals surface area (Å²) in [6, 6.07) is 17.3. The number of unbranched alkanes of at least 4 members (excludes halogenated alkanes) is 2. The van der Waals surface area contributed by atoms with Crippen molar-refractivity contribution in [3.8, 4) is 35.2 Å². The van der Waals surface area contributed by atoms with E-state index in [4.69, 9.17) is 49.0 Å². The average molecular weight is 1550 g/mol. The van der Waals surface area contributed by atoms with Crippen LogP contribution >= 0.6 is 23.5 Å². The third-order valence-electron chi connectivity index (χ3n) is 18.5. The molecular weight excluding hydrogens is 1470 g/mol. The molecule has 3 amide bonds. The molecule has 35 nitrogen and oxygen atoms in total. The van der Waals surface area contributed by atoms with E-state index >= 15 is 0 Å². The van der Waals surface area contributed by atoms with Crippen LogP contribution in [-0.2, 0) is 81.1 Å². The number of nitrogens with one attached hydrogen (secondary N) is 4. The van der Waals surface area contributed by atoms with Gasteiger partial charge in [0.2, 0.25) is 11.3 Å². The Labute approximate surface area is 616 Å². The van der Waals surface area contributed by atoms with Crippen LogP contribution in [0.4, 0.5) is 5.69 Å². The number of nitrogens with zero attached hydrogens (tertiary/aromatic N) is 7. The van der Waals surface area contributed by atoms with Crippen LogP contribution in [0, 0.1) is 23.2 Å². The number of nitriles is 1. The van der Waals surface area contributed by atoms with Gasteiger partial charge in [-0.1, -0.05) is 35.5 Å². The SMILES string of the molecule is N#C/C=C/O[C@H]1C[C@H](n2cc(C#CCNC(=O)COCCOC(COc3cccc(C(=O)NCCCC(=O)CCCCCNC(=O)c4ccc(C5=c6cc7c8c(c6Oc6c5cc5c9c6CCCN9CCC5)CCC[N+]=8CCC7)c(C(=O)O)c4)c3)N=[N+]=[N-])c(=O)[nH]c2=O)O[C@@H]1COP(=O)(O)OP(=O)(O)OP(=O)(O)O. The molecule has 11 rings (SSSR count).